The molecule has 3 heteroatoms. The van der Waals surface area contributed by atoms with Crippen molar-refractivity contribution in [1.82, 2.24) is 0 Å². The highest BCUT2D eigenvalue weighted by molar-refractivity contribution is 5.67. The zero-order valence-electron chi connectivity index (χ0n) is 13.4. The highest BCUT2D eigenvalue weighted by atomic mass is 16.4. The van der Waals surface area contributed by atoms with Crippen LogP contribution in [0, 0.1) is 0 Å². The zero-order chi connectivity index (χ0) is 15.1. The second-order valence-electron chi connectivity index (χ2n) is 6.04. The molecule has 0 aromatic rings. The molecule has 1 unspecified atom stereocenters. The van der Waals surface area contributed by atoms with Crippen molar-refractivity contribution in [2.45, 2.75) is 103 Å². The molecule has 20 heavy (non-hydrogen) atoms. The highest BCUT2D eigenvalue weighted by Gasteiger charge is 2.06. The van der Waals surface area contributed by atoms with Crippen LogP contribution in [-0.2, 0) is 4.79 Å². The monoisotopic (exact) mass is 285 g/mol. The van der Waals surface area contributed by atoms with Crippen LogP contribution in [0.1, 0.15) is 96.8 Å². The van der Waals surface area contributed by atoms with E-state index in [9.17, 15) is 4.79 Å². The number of nitrogens with two attached hydrogens (primary N) is 1. The number of carboxylic acid groups (broad SMARTS) is 1. The number of hydrogen-bond donors (Lipinski definition) is 2. The van der Waals surface area contributed by atoms with Crippen molar-refractivity contribution in [2.75, 3.05) is 0 Å². The highest BCUT2D eigenvalue weighted by Crippen LogP contribution is 2.13. The summed E-state index contributed by atoms with van der Waals surface area (Å²) in [6.07, 6.45) is 16.9. The Labute approximate surface area is 125 Å². The molecule has 0 bridgehead atoms. The molecule has 0 aromatic carbocycles. The lowest BCUT2D eigenvalue weighted by atomic mass is 10.0. The third kappa shape index (κ3) is 15.5. The Hall–Kier alpha value is -0.570. The van der Waals surface area contributed by atoms with Gasteiger partial charge in [-0.3, -0.25) is 4.79 Å². The molecule has 0 aliphatic carbocycles. The Morgan fingerprint density at radius 2 is 1.25 bits per heavy atom. The average molecular weight is 285 g/mol. The molecule has 120 valence electrons. The quantitative estimate of drug-likeness (QED) is 0.421. The fraction of sp³-hybridized carbons (Fsp3) is 0.941. The van der Waals surface area contributed by atoms with Gasteiger partial charge in [-0.15, -0.1) is 0 Å². The summed E-state index contributed by atoms with van der Waals surface area (Å²) in [6, 6.07) is -0.157. The molecule has 1 atom stereocenters. The Kier molecular flexibility index (Phi) is 14.4. The van der Waals surface area contributed by atoms with Gasteiger partial charge in [0.15, 0.2) is 0 Å². The van der Waals surface area contributed by atoms with Crippen molar-refractivity contribution in [2.24, 2.45) is 5.73 Å². The van der Waals surface area contributed by atoms with Crippen LogP contribution in [-0.4, -0.2) is 17.1 Å². The summed E-state index contributed by atoms with van der Waals surface area (Å²) in [6.45, 7) is 2.26. The Morgan fingerprint density at radius 1 is 0.850 bits per heavy atom. The molecule has 3 N–H and O–H groups in total. The first-order valence-corrected chi connectivity index (χ1v) is 8.64. The predicted molar refractivity (Wildman–Crippen MR) is 85.9 cm³/mol. The maximum Gasteiger partial charge on any atom is 0.304 e. The maximum absolute atomic E-state index is 10.4. The SMILES string of the molecule is CCCCCCCCCCCCCCC(N)CC(=O)O. The van der Waals surface area contributed by atoms with Gasteiger partial charge < -0.3 is 10.8 Å². The van der Waals surface area contributed by atoms with Crippen LogP contribution in [0.4, 0.5) is 0 Å². The number of hydrogen-bond acceptors (Lipinski definition) is 2. The van der Waals surface area contributed by atoms with Crippen molar-refractivity contribution in [1.29, 1.82) is 0 Å². The van der Waals surface area contributed by atoms with Gasteiger partial charge in [-0.25, -0.2) is 0 Å². The minimum absolute atomic E-state index is 0.109. The summed E-state index contributed by atoms with van der Waals surface area (Å²) in [5, 5.41) is 8.60. The average Bonchev–Trinajstić information content (AvgIpc) is 2.39. The van der Waals surface area contributed by atoms with Crippen LogP contribution in [0.5, 0.6) is 0 Å². The predicted octanol–water partition coefficient (Wildman–Crippen LogP) is 4.88. The molecule has 0 heterocycles. The lowest BCUT2D eigenvalue weighted by molar-refractivity contribution is -0.137. The van der Waals surface area contributed by atoms with Gasteiger partial charge >= 0.3 is 5.97 Å². The van der Waals surface area contributed by atoms with E-state index in [0.717, 1.165) is 12.8 Å². The van der Waals surface area contributed by atoms with E-state index in [1.807, 2.05) is 0 Å². The van der Waals surface area contributed by atoms with Gasteiger partial charge in [-0.1, -0.05) is 84.0 Å². The first-order chi connectivity index (χ1) is 9.66. The van der Waals surface area contributed by atoms with Crippen molar-refractivity contribution in [3.63, 3.8) is 0 Å². The van der Waals surface area contributed by atoms with E-state index >= 15 is 0 Å². The first-order valence-electron chi connectivity index (χ1n) is 8.64. The molecule has 0 aliphatic heterocycles. The summed E-state index contributed by atoms with van der Waals surface area (Å²) < 4.78 is 0. The summed E-state index contributed by atoms with van der Waals surface area (Å²) in [5.41, 5.74) is 5.72. The van der Waals surface area contributed by atoms with Crippen LogP contribution in [0.3, 0.4) is 0 Å². The van der Waals surface area contributed by atoms with Gasteiger partial charge in [-0.2, -0.15) is 0 Å². The third-order valence-electron chi connectivity index (χ3n) is 3.87. The van der Waals surface area contributed by atoms with E-state index in [-0.39, 0.29) is 12.5 Å². The standard InChI is InChI=1S/C17H35NO2/c1-2-3-4-5-6-7-8-9-10-11-12-13-14-16(18)15-17(19)20/h16H,2-15,18H2,1H3,(H,19,20). The van der Waals surface area contributed by atoms with Crippen molar-refractivity contribution in [3.05, 3.63) is 0 Å². The molecule has 0 fully saturated rings. The number of unbranched alkanes of at least 4 members (excludes halogenated alkanes) is 11. The topological polar surface area (TPSA) is 63.3 Å². The summed E-state index contributed by atoms with van der Waals surface area (Å²) in [4.78, 5) is 10.4. The molecule has 0 aromatic heterocycles. The molecule has 0 amide bonds. The molecule has 0 aliphatic rings. The molecule has 3 nitrogen and oxygen atoms in total. The van der Waals surface area contributed by atoms with E-state index in [2.05, 4.69) is 6.92 Å². The molecule has 0 rings (SSSR count). The van der Waals surface area contributed by atoms with Crippen LogP contribution < -0.4 is 5.73 Å². The van der Waals surface area contributed by atoms with Crippen LogP contribution in [0.25, 0.3) is 0 Å². The summed E-state index contributed by atoms with van der Waals surface area (Å²) in [5.74, 6) is -0.781. The van der Waals surface area contributed by atoms with Gasteiger partial charge in [0.2, 0.25) is 0 Å². The summed E-state index contributed by atoms with van der Waals surface area (Å²) >= 11 is 0. The normalized spacial score (nSPS) is 12.5. The Bertz CT molecular complexity index is 219. The van der Waals surface area contributed by atoms with Crippen LogP contribution >= 0.6 is 0 Å². The molecular weight excluding hydrogens is 250 g/mol. The molecule has 0 radical (unpaired) electrons. The van der Waals surface area contributed by atoms with E-state index in [4.69, 9.17) is 10.8 Å². The van der Waals surface area contributed by atoms with Gasteiger partial charge in [0, 0.05) is 6.04 Å². The minimum Gasteiger partial charge on any atom is -0.481 e. The number of rotatable bonds is 15. The van der Waals surface area contributed by atoms with Crippen molar-refractivity contribution in [3.8, 4) is 0 Å². The maximum atomic E-state index is 10.4. The number of carbonyl (C=O) groups is 1. The summed E-state index contributed by atoms with van der Waals surface area (Å²) in [7, 11) is 0. The third-order valence-corrected chi connectivity index (χ3v) is 3.87. The molecule has 0 spiro atoms. The second kappa shape index (κ2) is 14.8. The lowest BCUT2D eigenvalue weighted by Crippen LogP contribution is -2.23. The lowest BCUT2D eigenvalue weighted by Gasteiger charge is -2.08. The Balaban J connectivity index is 3.08. The Morgan fingerprint density at radius 3 is 1.65 bits per heavy atom. The molecule has 0 saturated carbocycles. The molecule has 0 saturated heterocycles. The van der Waals surface area contributed by atoms with Crippen LogP contribution in [0.2, 0.25) is 0 Å². The van der Waals surface area contributed by atoms with E-state index in [1.54, 1.807) is 0 Å². The first kappa shape index (κ1) is 19.4. The van der Waals surface area contributed by atoms with E-state index in [1.165, 1.54) is 70.6 Å². The zero-order valence-corrected chi connectivity index (χ0v) is 13.4. The fourth-order valence-corrected chi connectivity index (χ4v) is 2.57. The van der Waals surface area contributed by atoms with Gasteiger partial charge in [0.25, 0.3) is 0 Å². The van der Waals surface area contributed by atoms with Crippen LogP contribution in [0.15, 0.2) is 0 Å². The fourth-order valence-electron chi connectivity index (χ4n) is 2.57. The minimum atomic E-state index is -0.781. The largest absolute Gasteiger partial charge is 0.481 e. The van der Waals surface area contributed by atoms with E-state index in [0.29, 0.717) is 0 Å². The smallest absolute Gasteiger partial charge is 0.304 e. The molecular formula is C17H35NO2. The van der Waals surface area contributed by atoms with Crippen molar-refractivity contribution < 1.29 is 9.90 Å². The van der Waals surface area contributed by atoms with E-state index < -0.39 is 5.97 Å². The van der Waals surface area contributed by atoms with Gasteiger partial charge in [-0.05, 0) is 6.42 Å². The second-order valence-corrected chi connectivity index (χ2v) is 6.04. The van der Waals surface area contributed by atoms with Crippen molar-refractivity contribution >= 4 is 5.97 Å². The number of aliphatic carboxylic acids is 1. The number of carboxylic acids is 1. The van der Waals surface area contributed by atoms with Gasteiger partial charge in [0.05, 0.1) is 6.42 Å². The van der Waals surface area contributed by atoms with Gasteiger partial charge in [0.1, 0.15) is 0 Å².